The van der Waals surface area contributed by atoms with E-state index in [2.05, 4.69) is 9.40 Å². The number of rotatable bonds is 3. The summed E-state index contributed by atoms with van der Waals surface area (Å²) in [7, 11) is 0. The number of ketones is 1. The lowest BCUT2D eigenvalue weighted by Crippen LogP contribution is -2.12. The van der Waals surface area contributed by atoms with Gasteiger partial charge in [0.1, 0.15) is 6.26 Å². The number of oxazole rings is 1. The van der Waals surface area contributed by atoms with Crippen molar-refractivity contribution in [3.05, 3.63) is 17.8 Å². The lowest BCUT2D eigenvalue weighted by atomic mass is 10.4. The predicted octanol–water partition coefficient (Wildman–Crippen LogP) is 0.504. The molecule has 0 spiro atoms. The quantitative estimate of drug-likeness (QED) is 0.526. The van der Waals surface area contributed by atoms with Gasteiger partial charge >= 0.3 is 11.8 Å². The monoisotopic (exact) mass is 169 g/mol. The largest absolute Gasteiger partial charge is 0.475 e. The number of aryl methyl sites for hydroxylation is 1. The molecule has 0 aromatic carbocycles. The molecule has 0 saturated carbocycles. The fraction of sp³-hybridized carbons (Fsp3) is 0.286. The van der Waals surface area contributed by atoms with Crippen LogP contribution in [0.2, 0.25) is 0 Å². The Morgan fingerprint density at radius 2 is 2.33 bits per heavy atom. The molecule has 0 aliphatic rings. The Morgan fingerprint density at radius 1 is 1.67 bits per heavy atom. The normalized spacial score (nSPS) is 9.75. The lowest BCUT2D eigenvalue weighted by molar-refractivity contribution is -0.132. The number of carboxylic acid groups (broad SMARTS) is 1. The molecule has 5 heteroatoms. The highest BCUT2D eigenvalue weighted by Crippen LogP contribution is 2.03. The second-order valence-corrected chi connectivity index (χ2v) is 2.13. The molecule has 0 unspecified atom stereocenters. The molecule has 64 valence electrons. The van der Waals surface area contributed by atoms with E-state index in [1.807, 2.05) is 6.92 Å². The summed E-state index contributed by atoms with van der Waals surface area (Å²) in [4.78, 5) is 24.5. The Labute approximate surface area is 68.0 Å². The van der Waals surface area contributed by atoms with Gasteiger partial charge in [-0.2, -0.15) is 0 Å². The van der Waals surface area contributed by atoms with Crippen LogP contribution in [0.5, 0.6) is 0 Å². The summed E-state index contributed by atoms with van der Waals surface area (Å²) < 4.78 is 4.64. The zero-order chi connectivity index (χ0) is 9.14. The highest BCUT2D eigenvalue weighted by atomic mass is 16.4. The summed E-state index contributed by atoms with van der Waals surface area (Å²) in [6.07, 6.45) is 1.88. The summed E-state index contributed by atoms with van der Waals surface area (Å²) in [6.45, 7) is 1.83. The number of hydrogen-bond donors (Lipinski definition) is 1. The van der Waals surface area contributed by atoms with E-state index < -0.39 is 11.8 Å². The summed E-state index contributed by atoms with van der Waals surface area (Å²) in [6, 6.07) is 0. The maximum absolute atomic E-state index is 10.7. The van der Waals surface area contributed by atoms with Gasteiger partial charge < -0.3 is 9.52 Å². The average molecular weight is 169 g/mol. The second-order valence-electron chi connectivity index (χ2n) is 2.13. The van der Waals surface area contributed by atoms with Crippen LogP contribution in [0.4, 0.5) is 0 Å². The Bertz CT molecular complexity index is 315. The van der Waals surface area contributed by atoms with E-state index in [0.29, 0.717) is 12.1 Å². The van der Waals surface area contributed by atoms with Crippen LogP contribution in [-0.2, 0) is 11.2 Å². The number of carbonyl (C=O) groups is 2. The van der Waals surface area contributed by atoms with Crippen LogP contribution in [0.15, 0.2) is 10.7 Å². The fourth-order valence-corrected chi connectivity index (χ4v) is 0.665. The van der Waals surface area contributed by atoms with Crippen LogP contribution in [0.1, 0.15) is 23.3 Å². The third kappa shape index (κ3) is 1.50. The number of Topliss-reactive ketones (excluding diaryl/α,β-unsaturated/α-hetero) is 1. The number of carboxylic acids is 1. The van der Waals surface area contributed by atoms with Gasteiger partial charge in [0.25, 0.3) is 5.89 Å². The number of carbonyl (C=O) groups excluding carboxylic acids is 1. The van der Waals surface area contributed by atoms with Crippen molar-refractivity contribution in [3.63, 3.8) is 0 Å². The standard InChI is InChI=1S/C7H7NO4/c1-2-4-3-12-6(8-4)5(9)7(10)11/h3H,2H2,1H3,(H,10,11). The van der Waals surface area contributed by atoms with Crippen molar-refractivity contribution in [1.82, 2.24) is 4.98 Å². The van der Waals surface area contributed by atoms with Gasteiger partial charge in [-0.3, -0.25) is 4.79 Å². The van der Waals surface area contributed by atoms with Gasteiger partial charge in [0.15, 0.2) is 0 Å². The van der Waals surface area contributed by atoms with Crippen LogP contribution >= 0.6 is 0 Å². The molecule has 1 aromatic heterocycles. The first-order valence-electron chi connectivity index (χ1n) is 3.37. The minimum absolute atomic E-state index is 0.362. The summed E-state index contributed by atoms with van der Waals surface area (Å²) in [5.74, 6) is -3.03. The van der Waals surface area contributed by atoms with E-state index in [1.165, 1.54) is 6.26 Å². The molecule has 0 fully saturated rings. The minimum Gasteiger partial charge on any atom is -0.475 e. The number of hydrogen-bond acceptors (Lipinski definition) is 4. The number of aromatic nitrogens is 1. The van der Waals surface area contributed by atoms with Gasteiger partial charge in [0, 0.05) is 0 Å². The van der Waals surface area contributed by atoms with E-state index >= 15 is 0 Å². The molecule has 0 radical (unpaired) electrons. The van der Waals surface area contributed by atoms with E-state index in [1.54, 1.807) is 0 Å². The highest BCUT2D eigenvalue weighted by Gasteiger charge is 2.20. The summed E-state index contributed by atoms with van der Waals surface area (Å²) in [5, 5.41) is 8.27. The third-order valence-corrected chi connectivity index (χ3v) is 1.30. The molecule has 0 amide bonds. The average Bonchev–Trinajstić information content (AvgIpc) is 2.50. The van der Waals surface area contributed by atoms with Crippen molar-refractivity contribution in [3.8, 4) is 0 Å². The van der Waals surface area contributed by atoms with E-state index in [0.717, 1.165) is 0 Å². The van der Waals surface area contributed by atoms with Crippen molar-refractivity contribution < 1.29 is 19.1 Å². The molecular formula is C7H7NO4. The maximum atomic E-state index is 10.7. The van der Waals surface area contributed by atoms with Crippen LogP contribution in [0.25, 0.3) is 0 Å². The van der Waals surface area contributed by atoms with Crippen LogP contribution in [0.3, 0.4) is 0 Å². The van der Waals surface area contributed by atoms with E-state index in [-0.39, 0.29) is 5.89 Å². The number of nitrogens with zero attached hydrogens (tertiary/aromatic N) is 1. The highest BCUT2D eigenvalue weighted by molar-refractivity contribution is 6.38. The molecule has 0 saturated heterocycles. The molecule has 1 aromatic rings. The molecule has 0 aliphatic carbocycles. The van der Waals surface area contributed by atoms with E-state index in [4.69, 9.17) is 5.11 Å². The van der Waals surface area contributed by atoms with Crippen LogP contribution in [0, 0.1) is 0 Å². The molecule has 0 bridgehead atoms. The van der Waals surface area contributed by atoms with Crippen molar-refractivity contribution in [1.29, 1.82) is 0 Å². The Morgan fingerprint density at radius 3 is 2.75 bits per heavy atom. The molecule has 1 heterocycles. The third-order valence-electron chi connectivity index (χ3n) is 1.30. The summed E-state index contributed by atoms with van der Waals surface area (Å²) in [5.41, 5.74) is 0.569. The van der Waals surface area contributed by atoms with Crippen molar-refractivity contribution in [2.75, 3.05) is 0 Å². The molecule has 0 aliphatic heterocycles. The van der Waals surface area contributed by atoms with Gasteiger partial charge in [-0.05, 0) is 6.42 Å². The van der Waals surface area contributed by atoms with Gasteiger partial charge in [-0.25, -0.2) is 9.78 Å². The van der Waals surface area contributed by atoms with Gasteiger partial charge in [-0.1, -0.05) is 6.92 Å². The Kier molecular flexibility index (Phi) is 2.23. The molecule has 0 atom stereocenters. The van der Waals surface area contributed by atoms with Gasteiger partial charge in [0.05, 0.1) is 5.69 Å². The molecule has 12 heavy (non-hydrogen) atoms. The Balaban J connectivity index is 2.89. The van der Waals surface area contributed by atoms with Crippen molar-refractivity contribution >= 4 is 11.8 Å². The fourth-order valence-electron chi connectivity index (χ4n) is 0.665. The first-order chi connectivity index (χ1) is 5.65. The topological polar surface area (TPSA) is 80.4 Å². The first kappa shape index (κ1) is 8.45. The lowest BCUT2D eigenvalue weighted by Gasteiger charge is -1.84. The summed E-state index contributed by atoms with van der Waals surface area (Å²) >= 11 is 0. The first-order valence-corrected chi connectivity index (χ1v) is 3.37. The van der Waals surface area contributed by atoms with Crippen molar-refractivity contribution in [2.45, 2.75) is 13.3 Å². The van der Waals surface area contributed by atoms with Crippen LogP contribution < -0.4 is 0 Å². The molecule has 1 N–H and O–H groups in total. The van der Waals surface area contributed by atoms with E-state index in [9.17, 15) is 9.59 Å². The second kappa shape index (κ2) is 3.17. The zero-order valence-corrected chi connectivity index (χ0v) is 6.40. The van der Waals surface area contributed by atoms with Crippen molar-refractivity contribution in [2.24, 2.45) is 0 Å². The molecule has 1 rings (SSSR count). The minimum atomic E-state index is -1.56. The number of aliphatic carboxylic acids is 1. The van der Waals surface area contributed by atoms with Gasteiger partial charge in [-0.15, -0.1) is 0 Å². The smallest absolute Gasteiger partial charge is 0.382 e. The SMILES string of the molecule is CCc1coc(C(=O)C(=O)O)n1. The van der Waals surface area contributed by atoms with Gasteiger partial charge in [0.2, 0.25) is 0 Å². The van der Waals surface area contributed by atoms with Crippen LogP contribution in [-0.4, -0.2) is 21.8 Å². The molecule has 5 nitrogen and oxygen atoms in total. The predicted molar refractivity (Wildman–Crippen MR) is 37.8 cm³/mol. The zero-order valence-electron chi connectivity index (χ0n) is 6.40. The Hall–Kier alpha value is -1.65. The maximum Gasteiger partial charge on any atom is 0.382 e. The molecular weight excluding hydrogens is 162 g/mol.